The van der Waals surface area contributed by atoms with Crippen LogP contribution in [0.25, 0.3) is 17.5 Å². The van der Waals surface area contributed by atoms with Crippen molar-refractivity contribution < 1.29 is 14.8 Å². The van der Waals surface area contributed by atoms with E-state index in [4.69, 9.17) is 11.6 Å². The Balaban J connectivity index is 1.64. The Bertz CT molecular complexity index is 1490. The van der Waals surface area contributed by atoms with Gasteiger partial charge < -0.3 is 9.67 Å². The predicted molar refractivity (Wildman–Crippen MR) is 146 cm³/mol. The number of hydrogen-bond acceptors (Lipinski definition) is 7. The molecule has 8 nitrogen and oxygen atoms in total. The standard InChI is InChI=1S/C26H21ClN4O4S2/c1-3-30-24(18-7-9-19(27)10-8-18)28-29-26(30)37-23(25(32)33)15-17-6-13-22(21(14-17)31(34)35)36-20-11-4-16(2)5-12-20/h4-15H,3H2,1-2H3,(H,32,33)/b23-15+. The van der Waals surface area contributed by atoms with Gasteiger partial charge in [-0.05, 0) is 79.7 Å². The zero-order valence-corrected chi connectivity index (χ0v) is 22.2. The second-order valence-electron chi connectivity index (χ2n) is 7.87. The number of nitro benzene ring substituents is 1. The predicted octanol–water partition coefficient (Wildman–Crippen LogP) is 7.20. The Kier molecular flexibility index (Phi) is 8.32. The molecule has 0 fully saturated rings. The summed E-state index contributed by atoms with van der Waals surface area (Å²) in [7, 11) is 0. The van der Waals surface area contributed by atoms with E-state index in [9.17, 15) is 20.0 Å². The quantitative estimate of drug-likeness (QED) is 0.100. The molecular formula is C26H21ClN4O4S2. The van der Waals surface area contributed by atoms with Crippen LogP contribution in [0.15, 0.2) is 86.6 Å². The molecule has 3 aromatic carbocycles. The lowest BCUT2D eigenvalue weighted by Gasteiger charge is -2.08. The number of halogens is 1. The number of aliphatic carboxylic acids is 1. The number of aryl methyl sites for hydroxylation is 1. The summed E-state index contributed by atoms with van der Waals surface area (Å²) >= 11 is 8.20. The minimum absolute atomic E-state index is 0.0435. The lowest BCUT2D eigenvalue weighted by molar-refractivity contribution is -0.387. The van der Waals surface area contributed by atoms with E-state index in [-0.39, 0.29) is 10.6 Å². The number of thioether (sulfide) groups is 1. The minimum atomic E-state index is -1.18. The van der Waals surface area contributed by atoms with Crippen molar-refractivity contribution in [3.63, 3.8) is 0 Å². The summed E-state index contributed by atoms with van der Waals surface area (Å²) in [5.41, 5.74) is 2.18. The minimum Gasteiger partial charge on any atom is -0.477 e. The number of carboxylic acid groups (broad SMARTS) is 1. The molecule has 0 spiro atoms. The molecule has 0 aliphatic rings. The fraction of sp³-hybridized carbons (Fsp3) is 0.115. The molecule has 4 aromatic rings. The van der Waals surface area contributed by atoms with Crippen LogP contribution in [-0.2, 0) is 11.3 Å². The van der Waals surface area contributed by atoms with Crippen LogP contribution in [0.5, 0.6) is 0 Å². The molecule has 1 N–H and O–H groups in total. The molecule has 0 amide bonds. The summed E-state index contributed by atoms with van der Waals surface area (Å²) in [5, 5.41) is 31.1. The number of nitro groups is 1. The van der Waals surface area contributed by atoms with Crippen molar-refractivity contribution in [1.29, 1.82) is 0 Å². The summed E-state index contributed by atoms with van der Waals surface area (Å²) in [4.78, 5) is 24.7. The van der Waals surface area contributed by atoms with Crippen molar-refractivity contribution in [2.24, 2.45) is 0 Å². The molecule has 0 saturated heterocycles. The van der Waals surface area contributed by atoms with Crippen LogP contribution in [0.3, 0.4) is 0 Å². The molecule has 0 unspecified atom stereocenters. The van der Waals surface area contributed by atoms with E-state index in [1.54, 1.807) is 28.8 Å². The summed E-state index contributed by atoms with van der Waals surface area (Å²) in [6.07, 6.45) is 1.40. The second-order valence-corrected chi connectivity index (χ2v) is 10.4. The van der Waals surface area contributed by atoms with Crippen LogP contribution < -0.4 is 0 Å². The third-order valence-electron chi connectivity index (χ3n) is 5.27. The van der Waals surface area contributed by atoms with Crippen LogP contribution in [0.1, 0.15) is 18.1 Å². The van der Waals surface area contributed by atoms with Gasteiger partial charge in [-0.3, -0.25) is 10.1 Å². The van der Waals surface area contributed by atoms with Gasteiger partial charge in [0.25, 0.3) is 5.69 Å². The van der Waals surface area contributed by atoms with Crippen LogP contribution in [-0.4, -0.2) is 30.8 Å². The topological polar surface area (TPSA) is 111 Å². The number of aromatic nitrogens is 3. The maximum absolute atomic E-state index is 12.1. The highest BCUT2D eigenvalue weighted by atomic mass is 35.5. The lowest BCUT2D eigenvalue weighted by Crippen LogP contribution is -2.03. The summed E-state index contributed by atoms with van der Waals surface area (Å²) < 4.78 is 1.80. The third kappa shape index (κ3) is 6.40. The zero-order chi connectivity index (χ0) is 26.5. The molecule has 0 saturated carbocycles. The van der Waals surface area contributed by atoms with Crippen molar-refractivity contribution in [2.45, 2.75) is 35.3 Å². The fourth-order valence-corrected chi connectivity index (χ4v) is 5.35. The zero-order valence-electron chi connectivity index (χ0n) is 19.8. The first-order valence-corrected chi connectivity index (χ1v) is 13.1. The fourth-order valence-electron chi connectivity index (χ4n) is 3.43. The van der Waals surface area contributed by atoms with Gasteiger partial charge >= 0.3 is 5.97 Å². The van der Waals surface area contributed by atoms with Gasteiger partial charge in [0.1, 0.15) is 4.91 Å². The maximum atomic E-state index is 12.1. The first kappa shape index (κ1) is 26.5. The van der Waals surface area contributed by atoms with Crippen molar-refractivity contribution in [3.05, 3.63) is 97.9 Å². The molecule has 1 aromatic heterocycles. The van der Waals surface area contributed by atoms with Gasteiger partial charge in [0.2, 0.25) is 0 Å². The highest BCUT2D eigenvalue weighted by Gasteiger charge is 2.20. The first-order chi connectivity index (χ1) is 17.7. The van der Waals surface area contributed by atoms with Crippen molar-refractivity contribution in [2.75, 3.05) is 0 Å². The molecule has 0 atom stereocenters. The summed E-state index contributed by atoms with van der Waals surface area (Å²) in [5.74, 6) is -0.594. The van der Waals surface area contributed by atoms with Crippen molar-refractivity contribution in [1.82, 2.24) is 14.8 Å². The molecule has 188 valence electrons. The van der Waals surface area contributed by atoms with Crippen LogP contribution in [0.4, 0.5) is 5.69 Å². The van der Waals surface area contributed by atoms with Crippen LogP contribution in [0, 0.1) is 17.0 Å². The van der Waals surface area contributed by atoms with Gasteiger partial charge in [-0.2, -0.15) is 0 Å². The SMILES string of the molecule is CCn1c(S/C(=C/c2ccc(Sc3ccc(C)cc3)c([N+](=O)[O-])c2)C(=O)O)nnc1-c1ccc(Cl)cc1. The normalized spacial score (nSPS) is 11.5. The number of nitrogens with zero attached hydrogens (tertiary/aromatic N) is 4. The smallest absolute Gasteiger partial charge is 0.342 e. The van der Waals surface area contributed by atoms with Gasteiger partial charge in [0.15, 0.2) is 11.0 Å². The maximum Gasteiger partial charge on any atom is 0.342 e. The van der Waals surface area contributed by atoms with Gasteiger partial charge in [-0.25, -0.2) is 4.79 Å². The average molecular weight is 553 g/mol. The van der Waals surface area contributed by atoms with E-state index >= 15 is 0 Å². The van der Waals surface area contributed by atoms with Crippen molar-refractivity contribution in [3.8, 4) is 11.4 Å². The Morgan fingerprint density at radius 2 is 1.81 bits per heavy atom. The largest absolute Gasteiger partial charge is 0.477 e. The van der Waals surface area contributed by atoms with E-state index < -0.39 is 10.9 Å². The molecular weight excluding hydrogens is 532 g/mol. The Hall–Kier alpha value is -3.60. The number of carboxylic acids is 1. The van der Waals surface area contributed by atoms with Gasteiger partial charge in [-0.15, -0.1) is 10.2 Å². The van der Waals surface area contributed by atoms with E-state index in [1.807, 2.05) is 50.2 Å². The summed E-state index contributed by atoms with van der Waals surface area (Å²) in [6.45, 7) is 4.39. The van der Waals surface area contributed by atoms with Gasteiger partial charge in [0.05, 0.1) is 9.82 Å². The Labute approximate surface area is 226 Å². The molecule has 0 bridgehead atoms. The van der Waals surface area contributed by atoms with E-state index in [0.717, 1.165) is 27.8 Å². The Morgan fingerprint density at radius 3 is 2.43 bits per heavy atom. The number of benzene rings is 3. The molecule has 0 radical (unpaired) electrons. The highest BCUT2D eigenvalue weighted by Crippen LogP contribution is 2.37. The molecule has 0 aliphatic heterocycles. The molecule has 37 heavy (non-hydrogen) atoms. The Morgan fingerprint density at radius 1 is 1.11 bits per heavy atom. The third-order valence-corrected chi connectivity index (χ3v) is 7.60. The first-order valence-electron chi connectivity index (χ1n) is 11.1. The monoisotopic (exact) mass is 552 g/mol. The van der Waals surface area contributed by atoms with E-state index in [0.29, 0.717) is 33.0 Å². The molecule has 1 heterocycles. The van der Waals surface area contributed by atoms with E-state index in [1.165, 1.54) is 23.9 Å². The number of rotatable bonds is 9. The van der Waals surface area contributed by atoms with Crippen molar-refractivity contribution >= 4 is 52.9 Å². The van der Waals surface area contributed by atoms with Crippen LogP contribution >= 0.6 is 35.1 Å². The van der Waals surface area contributed by atoms with Crippen LogP contribution in [0.2, 0.25) is 5.02 Å². The molecule has 0 aliphatic carbocycles. The lowest BCUT2D eigenvalue weighted by atomic mass is 10.2. The average Bonchev–Trinajstić information content (AvgIpc) is 3.28. The molecule has 11 heteroatoms. The second kappa shape index (κ2) is 11.6. The van der Waals surface area contributed by atoms with Gasteiger partial charge in [0, 0.05) is 28.1 Å². The molecule has 4 rings (SSSR count). The van der Waals surface area contributed by atoms with Gasteiger partial charge in [-0.1, -0.05) is 47.1 Å². The number of carbonyl (C=O) groups is 1. The highest BCUT2D eigenvalue weighted by molar-refractivity contribution is 8.04. The summed E-state index contributed by atoms with van der Waals surface area (Å²) in [6, 6.07) is 19.5. The number of hydrogen-bond donors (Lipinski definition) is 1. The van der Waals surface area contributed by atoms with E-state index in [2.05, 4.69) is 10.2 Å².